The molecule has 1 N–H and O–H groups in total. The molecular weight excluding hydrogens is 283 g/mol. The monoisotopic (exact) mass is 296 g/mol. The molecule has 0 bridgehead atoms. The van der Waals surface area contributed by atoms with E-state index in [1.165, 1.54) is 10.6 Å². The maximum Gasteiger partial charge on any atom is 0.276 e. The Morgan fingerprint density at radius 1 is 1.36 bits per heavy atom. The van der Waals surface area contributed by atoms with Crippen LogP contribution >= 0.6 is 0 Å². The minimum atomic E-state index is -0.355. The largest absolute Gasteiger partial charge is 0.293 e. The van der Waals surface area contributed by atoms with E-state index in [9.17, 15) is 9.18 Å². The number of nitrogens with one attached hydrogen (secondary N) is 1. The molecule has 0 fully saturated rings. The van der Waals surface area contributed by atoms with Gasteiger partial charge in [-0.1, -0.05) is 18.2 Å². The molecule has 0 aliphatic carbocycles. The van der Waals surface area contributed by atoms with Crippen molar-refractivity contribution in [3.8, 4) is 6.07 Å². The fraction of sp³-hybridized carbons (Fsp3) is 0.188. The number of aromatic amines is 1. The lowest BCUT2D eigenvalue weighted by atomic mass is 10.0. The molecular formula is C16H13FN4O. The van der Waals surface area contributed by atoms with Gasteiger partial charge in [-0.05, 0) is 25.5 Å². The van der Waals surface area contributed by atoms with Crippen LogP contribution in [0.1, 0.15) is 28.1 Å². The van der Waals surface area contributed by atoms with Gasteiger partial charge < -0.3 is 0 Å². The molecule has 0 saturated carbocycles. The first kappa shape index (κ1) is 14.0. The van der Waals surface area contributed by atoms with E-state index >= 15 is 0 Å². The summed E-state index contributed by atoms with van der Waals surface area (Å²) in [5.41, 5.74) is 2.27. The Morgan fingerprint density at radius 2 is 2.09 bits per heavy atom. The number of halogens is 1. The Bertz CT molecular complexity index is 978. The fourth-order valence-corrected chi connectivity index (χ4v) is 2.49. The quantitative estimate of drug-likeness (QED) is 0.788. The normalized spacial score (nSPS) is 10.8. The van der Waals surface area contributed by atoms with E-state index in [4.69, 9.17) is 5.26 Å². The molecule has 0 aliphatic rings. The average molecular weight is 296 g/mol. The zero-order chi connectivity index (χ0) is 15.9. The van der Waals surface area contributed by atoms with Crippen LogP contribution in [0.3, 0.4) is 0 Å². The van der Waals surface area contributed by atoms with Crippen LogP contribution in [-0.2, 0) is 6.42 Å². The summed E-state index contributed by atoms with van der Waals surface area (Å²) in [6, 6.07) is 8.37. The summed E-state index contributed by atoms with van der Waals surface area (Å²) in [6.07, 6.45) is 0.160. The Kier molecular flexibility index (Phi) is 3.26. The highest BCUT2D eigenvalue weighted by Crippen LogP contribution is 2.16. The second-order valence-electron chi connectivity index (χ2n) is 5.13. The molecule has 2 heterocycles. The molecule has 5 nitrogen and oxygen atoms in total. The molecule has 0 unspecified atom stereocenters. The molecule has 0 atom stereocenters. The number of rotatable bonds is 2. The standard InChI is InChI=1S/C16H13FN4O/c1-9-12(7-11-5-3-4-6-14(11)17)16(22)21-15(19-9)13(8-18)10(2)20-21/h3-6,20H,7H2,1-2H3. The van der Waals surface area contributed by atoms with Gasteiger partial charge in [0.15, 0.2) is 5.65 Å². The molecule has 0 saturated heterocycles. The lowest BCUT2D eigenvalue weighted by Gasteiger charge is -2.06. The van der Waals surface area contributed by atoms with Crippen LogP contribution in [0, 0.1) is 31.0 Å². The van der Waals surface area contributed by atoms with Crippen molar-refractivity contribution in [3.63, 3.8) is 0 Å². The van der Waals surface area contributed by atoms with E-state index in [0.29, 0.717) is 33.7 Å². The van der Waals surface area contributed by atoms with Gasteiger partial charge in [-0.2, -0.15) is 9.78 Å². The van der Waals surface area contributed by atoms with Crippen molar-refractivity contribution in [2.45, 2.75) is 20.3 Å². The van der Waals surface area contributed by atoms with Gasteiger partial charge >= 0.3 is 0 Å². The Morgan fingerprint density at radius 3 is 2.77 bits per heavy atom. The number of hydrogen-bond acceptors (Lipinski definition) is 3. The minimum absolute atomic E-state index is 0.160. The summed E-state index contributed by atoms with van der Waals surface area (Å²) < 4.78 is 15.0. The number of fused-ring (bicyclic) bond motifs is 1. The van der Waals surface area contributed by atoms with Gasteiger partial charge in [-0.15, -0.1) is 0 Å². The van der Waals surface area contributed by atoms with Gasteiger partial charge in [0.25, 0.3) is 5.56 Å². The summed E-state index contributed by atoms with van der Waals surface area (Å²) >= 11 is 0. The van der Waals surface area contributed by atoms with E-state index in [0.717, 1.165) is 0 Å². The third-order valence-electron chi connectivity index (χ3n) is 3.70. The highest BCUT2D eigenvalue weighted by Gasteiger charge is 2.17. The van der Waals surface area contributed by atoms with Gasteiger partial charge in [0.2, 0.25) is 0 Å². The molecule has 2 aromatic heterocycles. The van der Waals surface area contributed by atoms with Gasteiger partial charge in [0.05, 0.1) is 5.69 Å². The van der Waals surface area contributed by atoms with Crippen molar-refractivity contribution < 1.29 is 4.39 Å². The van der Waals surface area contributed by atoms with Crippen molar-refractivity contribution in [2.24, 2.45) is 0 Å². The van der Waals surface area contributed by atoms with Crippen LogP contribution in [0.2, 0.25) is 0 Å². The molecule has 3 aromatic rings. The van der Waals surface area contributed by atoms with Gasteiger partial charge in [0, 0.05) is 17.7 Å². The molecule has 0 amide bonds. The van der Waals surface area contributed by atoms with E-state index in [2.05, 4.69) is 10.1 Å². The zero-order valence-corrected chi connectivity index (χ0v) is 12.1. The van der Waals surface area contributed by atoms with E-state index in [1.807, 2.05) is 6.07 Å². The van der Waals surface area contributed by atoms with E-state index in [1.54, 1.807) is 32.0 Å². The fourth-order valence-electron chi connectivity index (χ4n) is 2.49. The number of aryl methyl sites for hydroxylation is 2. The van der Waals surface area contributed by atoms with E-state index in [-0.39, 0.29) is 17.8 Å². The Hall–Kier alpha value is -2.94. The highest BCUT2D eigenvalue weighted by molar-refractivity contribution is 5.58. The zero-order valence-electron chi connectivity index (χ0n) is 12.1. The van der Waals surface area contributed by atoms with Crippen molar-refractivity contribution in [1.29, 1.82) is 5.26 Å². The molecule has 0 spiro atoms. The molecule has 110 valence electrons. The molecule has 3 rings (SSSR count). The van der Waals surface area contributed by atoms with Crippen molar-refractivity contribution >= 4 is 5.65 Å². The molecule has 0 aliphatic heterocycles. The molecule has 6 heteroatoms. The van der Waals surface area contributed by atoms with E-state index < -0.39 is 0 Å². The summed E-state index contributed by atoms with van der Waals surface area (Å²) in [5, 5.41) is 12.0. The topological polar surface area (TPSA) is 73.9 Å². The van der Waals surface area contributed by atoms with Gasteiger partial charge in [-0.25, -0.2) is 9.37 Å². The summed E-state index contributed by atoms with van der Waals surface area (Å²) in [4.78, 5) is 16.9. The average Bonchev–Trinajstić information content (AvgIpc) is 2.81. The van der Waals surface area contributed by atoms with Crippen molar-refractivity contribution in [3.05, 3.63) is 68.5 Å². The van der Waals surface area contributed by atoms with Crippen LogP contribution in [0.25, 0.3) is 5.65 Å². The number of H-pyrrole nitrogens is 1. The Balaban J connectivity index is 2.22. The minimum Gasteiger partial charge on any atom is -0.293 e. The van der Waals surface area contributed by atoms with Gasteiger partial charge in [-0.3, -0.25) is 9.89 Å². The van der Waals surface area contributed by atoms with Crippen LogP contribution < -0.4 is 5.56 Å². The predicted molar refractivity (Wildman–Crippen MR) is 79.2 cm³/mol. The predicted octanol–water partition coefficient (Wildman–Crippen LogP) is 2.24. The number of benzene rings is 1. The summed E-state index contributed by atoms with van der Waals surface area (Å²) in [7, 11) is 0. The first-order valence-corrected chi connectivity index (χ1v) is 6.77. The molecule has 1 aromatic carbocycles. The summed E-state index contributed by atoms with van der Waals surface area (Å²) in [5.74, 6) is -0.355. The summed E-state index contributed by atoms with van der Waals surface area (Å²) in [6.45, 7) is 3.40. The second kappa shape index (κ2) is 5.11. The molecule has 0 radical (unpaired) electrons. The SMILES string of the molecule is Cc1nc2c(C#N)c(C)[nH]n2c(=O)c1Cc1ccccc1F. The Labute approximate surface area is 125 Å². The number of nitriles is 1. The van der Waals surface area contributed by atoms with Crippen LogP contribution in [0.15, 0.2) is 29.1 Å². The number of nitrogens with zero attached hydrogens (tertiary/aromatic N) is 3. The second-order valence-corrected chi connectivity index (χ2v) is 5.13. The number of aromatic nitrogens is 3. The first-order chi connectivity index (χ1) is 10.5. The van der Waals surface area contributed by atoms with Crippen molar-refractivity contribution in [2.75, 3.05) is 0 Å². The lowest BCUT2D eigenvalue weighted by molar-refractivity contribution is 0.613. The lowest BCUT2D eigenvalue weighted by Crippen LogP contribution is -2.22. The van der Waals surface area contributed by atoms with Crippen LogP contribution in [0.5, 0.6) is 0 Å². The maximum atomic E-state index is 13.8. The number of hydrogen-bond donors (Lipinski definition) is 1. The van der Waals surface area contributed by atoms with Crippen LogP contribution in [-0.4, -0.2) is 14.6 Å². The molecule has 22 heavy (non-hydrogen) atoms. The maximum absolute atomic E-state index is 13.8. The highest BCUT2D eigenvalue weighted by atomic mass is 19.1. The smallest absolute Gasteiger partial charge is 0.276 e. The van der Waals surface area contributed by atoms with Gasteiger partial charge in [0.1, 0.15) is 17.4 Å². The first-order valence-electron chi connectivity index (χ1n) is 6.77. The van der Waals surface area contributed by atoms with Crippen molar-refractivity contribution in [1.82, 2.24) is 14.6 Å². The third-order valence-corrected chi connectivity index (χ3v) is 3.70. The third kappa shape index (κ3) is 2.07. The van der Waals surface area contributed by atoms with Crippen LogP contribution in [0.4, 0.5) is 4.39 Å².